The maximum absolute atomic E-state index is 6.28. The summed E-state index contributed by atoms with van der Waals surface area (Å²) < 4.78 is 6.28. The Kier molecular flexibility index (Phi) is 3.36. The number of hydrogen-bond acceptors (Lipinski definition) is 1. The lowest BCUT2D eigenvalue weighted by molar-refractivity contribution is 0.669. The van der Waals surface area contributed by atoms with Gasteiger partial charge in [0.1, 0.15) is 11.2 Å². The minimum absolute atomic E-state index is 0.507. The topological polar surface area (TPSA) is 13.1 Å². The third-order valence-electron chi connectivity index (χ3n) is 5.25. The number of furan rings is 1. The maximum atomic E-state index is 6.28. The summed E-state index contributed by atoms with van der Waals surface area (Å²) in [5.74, 6) is 0.507. The Balaban J connectivity index is 1.78. The second-order valence-corrected chi connectivity index (χ2v) is 7.26. The van der Waals surface area contributed by atoms with Crippen molar-refractivity contribution < 1.29 is 4.42 Å². The summed E-state index contributed by atoms with van der Waals surface area (Å²) >= 11 is 0. The number of benzene rings is 4. The molecule has 126 valence electrons. The van der Waals surface area contributed by atoms with Gasteiger partial charge in [-0.05, 0) is 46.0 Å². The molecule has 1 aromatic heterocycles. The molecule has 0 aliphatic rings. The van der Waals surface area contributed by atoms with Crippen molar-refractivity contribution in [3.8, 4) is 11.1 Å². The van der Waals surface area contributed by atoms with Crippen LogP contribution in [0.1, 0.15) is 25.3 Å². The molecule has 0 fully saturated rings. The van der Waals surface area contributed by atoms with E-state index in [4.69, 9.17) is 4.42 Å². The zero-order valence-corrected chi connectivity index (χ0v) is 15.0. The van der Waals surface area contributed by atoms with Crippen LogP contribution in [-0.4, -0.2) is 0 Å². The normalized spacial score (nSPS) is 11.8. The van der Waals surface area contributed by atoms with E-state index >= 15 is 0 Å². The molecule has 0 bridgehead atoms. The third kappa shape index (κ3) is 2.32. The Morgan fingerprint density at radius 2 is 1.54 bits per heavy atom. The van der Waals surface area contributed by atoms with Crippen LogP contribution in [0.15, 0.2) is 83.3 Å². The highest BCUT2D eigenvalue weighted by Gasteiger charge is 2.13. The van der Waals surface area contributed by atoms with E-state index < -0.39 is 0 Å². The molecule has 5 aromatic rings. The lowest BCUT2D eigenvalue weighted by atomic mass is 9.98. The zero-order chi connectivity index (χ0) is 17.7. The van der Waals surface area contributed by atoms with Gasteiger partial charge >= 0.3 is 0 Å². The van der Waals surface area contributed by atoms with Crippen LogP contribution in [0.25, 0.3) is 43.8 Å². The fourth-order valence-electron chi connectivity index (χ4n) is 3.76. The highest BCUT2D eigenvalue weighted by molar-refractivity contribution is 6.10. The van der Waals surface area contributed by atoms with E-state index in [2.05, 4.69) is 92.7 Å². The number of hydrogen-bond donors (Lipinski definition) is 0. The summed E-state index contributed by atoms with van der Waals surface area (Å²) in [6, 6.07) is 28.1. The fraction of sp³-hybridized carbons (Fsp3) is 0.120. The molecule has 0 aliphatic heterocycles. The van der Waals surface area contributed by atoms with Crippen molar-refractivity contribution in [3.63, 3.8) is 0 Å². The summed E-state index contributed by atoms with van der Waals surface area (Å²) in [5, 5.41) is 4.90. The van der Waals surface area contributed by atoms with Gasteiger partial charge in [0.2, 0.25) is 0 Å². The molecule has 0 amide bonds. The largest absolute Gasteiger partial charge is 0.455 e. The SMILES string of the molecule is CC(C)c1ccc2oc3c(-c4ccc5ccccc5c4)cccc3c2c1. The molecular weight excluding hydrogens is 316 g/mol. The monoisotopic (exact) mass is 336 g/mol. The van der Waals surface area contributed by atoms with Crippen molar-refractivity contribution in [3.05, 3.63) is 84.4 Å². The minimum atomic E-state index is 0.507. The van der Waals surface area contributed by atoms with Gasteiger partial charge in [-0.25, -0.2) is 0 Å². The van der Waals surface area contributed by atoms with E-state index in [-0.39, 0.29) is 0 Å². The van der Waals surface area contributed by atoms with Crippen LogP contribution in [0.3, 0.4) is 0 Å². The van der Waals surface area contributed by atoms with Crippen LogP contribution in [0.4, 0.5) is 0 Å². The first kappa shape index (κ1) is 15.2. The van der Waals surface area contributed by atoms with Crippen LogP contribution < -0.4 is 0 Å². The van der Waals surface area contributed by atoms with Gasteiger partial charge in [-0.3, -0.25) is 0 Å². The molecular formula is C25H20O. The van der Waals surface area contributed by atoms with Crippen molar-refractivity contribution in [1.82, 2.24) is 0 Å². The third-order valence-corrected chi connectivity index (χ3v) is 5.25. The summed E-state index contributed by atoms with van der Waals surface area (Å²) in [6.07, 6.45) is 0. The van der Waals surface area contributed by atoms with E-state index in [1.807, 2.05) is 0 Å². The van der Waals surface area contributed by atoms with E-state index in [9.17, 15) is 0 Å². The van der Waals surface area contributed by atoms with Crippen molar-refractivity contribution in [2.45, 2.75) is 19.8 Å². The average Bonchev–Trinajstić information content (AvgIpc) is 3.05. The van der Waals surface area contributed by atoms with Crippen molar-refractivity contribution in [2.75, 3.05) is 0 Å². The first-order valence-corrected chi connectivity index (χ1v) is 9.15. The van der Waals surface area contributed by atoms with Gasteiger partial charge in [-0.1, -0.05) is 74.5 Å². The molecule has 0 unspecified atom stereocenters. The summed E-state index contributed by atoms with van der Waals surface area (Å²) in [5.41, 5.74) is 5.61. The van der Waals surface area contributed by atoms with Gasteiger partial charge in [0.15, 0.2) is 0 Å². The molecule has 0 saturated heterocycles. The fourth-order valence-corrected chi connectivity index (χ4v) is 3.76. The Bertz CT molecular complexity index is 1260. The standard InChI is InChI=1S/C25H20O/c1-16(2)18-12-13-24-23(15-18)22-9-5-8-21(25(22)26-24)20-11-10-17-6-3-4-7-19(17)14-20/h3-16H,1-2H3. The summed E-state index contributed by atoms with van der Waals surface area (Å²) in [6.45, 7) is 4.45. The van der Waals surface area contributed by atoms with Crippen LogP contribution in [0, 0.1) is 0 Å². The highest BCUT2D eigenvalue weighted by atomic mass is 16.3. The van der Waals surface area contributed by atoms with E-state index in [0.717, 1.165) is 16.7 Å². The molecule has 26 heavy (non-hydrogen) atoms. The van der Waals surface area contributed by atoms with Gasteiger partial charge in [0.05, 0.1) is 0 Å². The van der Waals surface area contributed by atoms with E-state index in [1.165, 1.54) is 32.7 Å². The van der Waals surface area contributed by atoms with E-state index in [0.29, 0.717) is 5.92 Å². The first-order chi connectivity index (χ1) is 12.7. The molecule has 0 radical (unpaired) electrons. The molecule has 0 spiro atoms. The molecule has 4 aromatic carbocycles. The predicted octanol–water partition coefficient (Wildman–Crippen LogP) is 7.53. The molecule has 0 atom stereocenters. The smallest absolute Gasteiger partial charge is 0.143 e. The zero-order valence-electron chi connectivity index (χ0n) is 15.0. The molecule has 1 heteroatoms. The first-order valence-electron chi connectivity index (χ1n) is 9.15. The lowest BCUT2D eigenvalue weighted by Gasteiger charge is -2.05. The van der Waals surface area contributed by atoms with Crippen molar-refractivity contribution in [1.29, 1.82) is 0 Å². The lowest BCUT2D eigenvalue weighted by Crippen LogP contribution is -1.85. The second kappa shape index (κ2) is 5.74. The second-order valence-electron chi connectivity index (χ2n) is 7.26. The molecule has 0 N–H and O–H groups in total. The van der Waals surface area contributed by atoms with Crippen LogP contribution >= 0.6 is 0 Å². The van der Waals surface area contributed by atoms with Crippen molar-refractivity contribution in [2.24, 2.45) is 0 Å². The number of fused-ring (bicyclic) bond motifs is 4. The van der Waals surface area contributed by atoms with Gasteiger partial charge in [0.25, 0.3) is 0 Å². The quantitative estimate of drug-likeness (QED) is 0.325. The Labute approximate surface area is 152 Å². The van der Waals surface area contributed by atoms with Crippen LogP contribution in [-0.2, 0) is 0 Å². The number of rotatable bonds is 2. The average molecular weight is 336 g/mol. The highest BCUT2D eigenvalue weighted by Crippen LogP contribution is 2.37. The van der Waals surface area contributed by atoms with Gasteiger partial charge < -0.3 is 4.42 Å². The molecule has 1 heterocycles. The predicted molar refractivity (Wildman–Crippen MR) is 111 cm³/mol. The molecule has 1 nitrogen and oxygen atoms in total. The molecule has 0 saturated carbocycles. The van der Waals surface area contributed by atoms with E-state index in [1.54, 1.807) is 0 Å². The van der Waals surface area contributed by atoms with Gasteiger partial charge in [-0.2, -0.15) is 0 Å². The Hall–Kier alpha value is -3.06. The Morgan fingerprint density at radius 3 is 2.38 bits per heavy atom. The van der Waals surface area contributed by atoms with Crippen LogP contribution in [0.2, 0.25) is 0 Å². The van der Waals surface area contributed by atoms with Crippen LogP contribution in [0.5, 0.6) is 0 Å². The molecule has 0 aliphatic carbocycles. The van der Waals surface area contributed by atoms with Crippen molar-refractivity contribution >= 4 is 32.7 Å². The Morgan fingerprint density at radius 1 is 0.692 bits per heavy atom. The maximum Gasteiger partial charge on any atom is 0.143 e. The number of para-hydroxylation sites is 1. The van der Waals surface area contributed by atoms with Gasteiger partial charge in [0, 0.05) is 16.3 Å². The minimum Gasteiger partial charge on any atom is -0.455 e. The van der Waals surface area contributed by atoms with Gasteiger partial charge in [-0.15, -0.1) is 0 Å². The summed E-state index contributed by atoms with van der Waals surface area (Å²) in [7, 11) is 0. The molecule has 5 rings (SSSR count). The summed E-state index contributed by atoms with van der Waals surface area (Å²) in [4.78, 5) is 0.